The fourth-order valence-corrected chi connectivity index (χ4v) is 2.65. The van der Waals surface area contributed by atoms with Crippen LogP contribution >= 0.6 is 0 Å². The summed E-state index contributed by atoms with van der Waals surface area (Å²) in [6, 6.07) is 8.78. The molecule has 100 valence electrons. The first-order valence-electron chi connectivity index (χ1n) is 6.36. The van der Waals surface area contributed by atoms with E-state index >= 15 is 0 Å². The average Bonchev–Trinajstić information content (AvgIpc) is 2.39. The Morgan fingerprint density at radius 2 is 1.94 bits per heavy atom. The van der Waals surface area contributed by atoms with Crippen molar-refractivity contribution in [3.05, 3.63) is 35.9 Å². The summed E-state index contributed by atoms with van der Waals surface area (Å²) < 4.78 is 26.1. The number of halogens is 2. The van der Waals surface area contributed by atoms with Gasteiger partial charge in [0.2, 0.25) is 0 Å². The Bertz CT molecular complexity index is 371. The van der Waals surface area contributed by atoms with Gasteiger partial charge in [-0.3, -0.25) is 4.90 Å². The fourth-order valence-electron chi connectivity index (χ4n) is 2.65. The van der Waals surface area contributed by atoms with Crippen molar-refractivity contribution >= 4 is 0 Å². The number of benzene rings is 1. The minimum absolute atomic E-state index is 0.0438. The Kier molecular flexibility index (Phi) is 4.30. The highest BCUT2D eigenvalue weighted by atomic mass is 19.3. The molecule has 1 heterocycles. The van der Waals surface area contributed by atoms with E-state index in [1.165, 1.54) is 0 Å². The van der Waals surface area contributed by atoms with E-state index in [2.05, 4.69) is 0 Å². The molecule has 1 saturated heterocycles. The maximum Gasteiger partial charge on any atom is 0.254 e. The standard InChI is InChI=1S/C14H19F2NO/c1-10(11-5-3-2-4-6-11)17-8-7-12(18)9-13(17)14(15)16/h2-6,10,12-14,18H,7-9H2,1H3/t10-,12?,13?/m1/s1. The molecule has 1 N–H and O–H groups in total. The lowest BCUT2D eigenvalue weighted by Crippen LogP contribution is -2.49. The molecule has 0 spiro atoms. The Hall–Kier alpha value is -1.00. The van der Waals surface area contributed by atoms with Gasteiger partial charge in [0.15, 0.2) is 0 Å². The van der Waals surface area contributed by atoms with E-state index in [1.54, 1.807) is 0 Å². The molecule has 2 unspecified atom stereocenters. The van der Waals surface area contributed by atoms with Gasteiger partial charge >= 0.3 is 0 Å². The summed E-state index contributed by atoms with van der Waals surface area (Å²) in [7, 11) is 0. The quantitative estimate of drug-likeness (QED) is 0.897. The Morgan fingerprint density at radius 3 is 2.56 bits per heavy atom. The van der Waals surface area contributed by atoms with E-state index in [4.69, 9.17) is 0 Å². The third kappa shape index (κ3) is 2.87. The van der Waals surface area contributed by atoms with Gasteiger partial charge < -0.3 is 5.11 Å². The Morgan fingerprint density at radius 1 is 1.28 bits per heavy atom. The lowest BCUT2D eigenvalue weighted by atomic mass is 9.95. The van der Waals surface area contributed by atoms with Crippen LogP contribution in [0.25, 0.3) is 0 Å². The Labute approximate surface area is 106 Å². The van der Waals surface area contributed by atoms with Gasteiger partial charge in [-0.15, -0.1) is 0 Å². The molecule has 0 aliphatic carbocycles. The van der Waals surface area contributed by atoms with E-state index in [0.717, 1.165) is 5.56 Å². The highest BCUT2D eigenvalue weighted by Gasteiger charge is 2.36. The molecule has 1 aromatic carbocycles. The molecule has 0 amide bonds. The predicted octanol–water partition coefficient (Wildman–Crippen LogP) is 2.84. The number of alkyl halides is 2. The first-order valence-corrected chi connectivity index (χ1v) is 6.36. The van der Waals surface area contributed by atoms with Gasteiger partial charge in [-0.2, -0.15) is 0 Å². The molecule has 0 radical (unpaired) electrons. The number of hydrogen-bond donors (Lipinski definition) is 1. The summed E-state index contributed by atoms with van der Waals surface area (Å²) in [6.07, 6.45) is -2.27. The molecule has 2 rings (SSSR count). The number of hydrogen-bond acceptors (Lipinski definition) is 2. The van der Waals surface area contributed by atoms with Crippen molar-refractivity contribution in [2.24, 2.45) is 0 Å². The zero-order valence-corrected chi connectivity index (χ0v) is 10.5. The first kappa shape index (κ1) is 13.4. The van der Waals surface area contributed by atoms with E-state index in [1.807, 2.05) is 42.2 Å². The number of nitrogens with zero attached hydrogens (tertiary/aromatic N) is 1. The molecule has 2 nitrogen and oxygen atoms in total. The maximum absolute atomic E-state index is 13.1. The predicted molar refractivity (Wildman–Crippen MR) is 66.6 cm³/mol. The second kappa shape index (κ2) is 5.76. The molecule has 18 heavy (non-hydrogen) atoms. The van der Waals surface area contributed by atoms with Crippen molar-refractivity contribution in [2.45, 2.75) is 44.4 Å². The summed E-state index contributed by atoms with van der Waals surface area (Å²) in [5.41, 5.74) is 1.04. The van der Waals surface area contributed by atoms with Crippen LogP contribution in [0.3, 0.4) is 0 Å². The second-order valence-electron chi connectivity index (χ2n) is 4.90. The molecular formula is C14H19F2NO. The maximum atomic E-state index is 13.1. The number of likely N-dealkylation sites (tertiary alicyclic amines) is 1. The smallest absolute Gasteiger partial charge is 0.254 e. The van der Waals surface area contributed by atoms with Crippen LogP contribution in [-0.2, 0) is 0 Å². The molecule has 0 aromatic heterocycles. The van der Waals surface area contributed by atoms with Crippen molar-refractivity contribution in [3.63, 3.8) is 0 Å². The van der Waals surface area contributed by atoms with Gasteiger partial charge in [-0.05, 0) is 25.3 Å². The molecule has 0 saturated carbocycles. The normalized spacial score (nSPS) is 27.4. The number of aliphatic hydroxyl groups excluding tert-OH is 1. The zero-order valence-electron chi connectivity index (χ0n) is 10.5. The minimum Gasteiger partial charge on any atom is -0.393 e. The largest absolute Gasteiger partial charge is 0.393 e. The van der Waals surface area contributed by atoms with Gasteiger partial charge in [-0.1, -0.05) is 30.3 Å². The summed E-state index contributed by atoms with van der Waals surface area (Å²) in [4.78, 5) is 1.81. The average molecular weight is 255 g/mol. The van der Waals surface area contributed by atoms with Crippen LogP contribution in [0, 0.1) is 0 Å². The summed E-state index contributed by atoms with van der Waals surface area (Å²) >= 11 is 0. The molecule has 0 bridgehead atoms. The monoisotopic (exact) mass is 255 g/mol. The van der Waals surface area contributed by atoms with Crippen LogP contribution in [0.5, 0.6) is 0 Å². The number of piperidine rings is 1. The minimum atomic E-state index is -2.41. The topological polar surface area (TPSA) is 23.5 Å². The summed E-state index contributed by atoms with van der Waals surface area (Å²) in [6.45, 7) is 2.47. The van der Waals surface area contributed by atoms with Gasteiger partial charge in [0.25, 0.3) is 6.43 Å². The number of aliphatic hydroxyl groups is 1. The van der Waals surface area contributed by atoms with Crippen molar-refractivity contribution in [1.82, 2.24) is 4.90 Å². The van der Waals surface area contributed by atoms with Crippen molar-refractivity contribution in [2.75, 3.05) is 6.54 Å². The van der Waals surface area contributed by atoms with Crippen molar-refractivity contribution in [1.29, 1.82) is 0 Å². The summed E-state index contributed by atoms with van der Waals surface area (Å²) in [5.74, 6) is 0. The fraction of sp³-hybridized carbons (Fsp3) is 0.571. The molecule has 1 fully saturated rings. The van der Waals surface area contributed by atoms with Crippen molar-refractivity contribution < 1.29 is 13.9 Å². The zero-order chi connectivity index (χ0) is 13.1. The van der Waals surface area contributed by atoms with Crippen molar-refractivity contribution in [3.8, 4) is 0 Å². The molecular weight excluding hydrogens is 236 g/mol. The number of rotatable bonds is 3. The SMILES string of the molecule is C[C@H](c1ccccc1)N1CCC(O)CC1C(F)F. The lowest BCUT2D eigenvalue weighted by molar-refractivity contribution is -0.0519. The molecule has 1 aliphatic heterocycles. The van der Waals surface area contributed by atoms with E-state index in [9.17, 15) is 13.9 Å². The molecule has 3 atom stereocenters. The molecule has 4 heteroatoms. The third-order valence-electron chi connectivity index (χ3n) is 3.73. The first-order chi connectivity index (χ1) is 8.59. The highest BCUT2D eigenvalue weighted by Crippen LogP contribution is 2.31. The second-order valence-corrected chi connectivity index (χ2v) is 4.90. The van der Waals surface area contributed by atoms with Gasteiger partial charge in [0, 0.05) is 12.6 Å². The van der Waals surface area contributed by atoms with E-state index in [-0.39, 0.29) is 12.5 Å². The van der Waals surface area contributed by atoms with Crippen LogP contribution in [0.4, 0.5) is 8.78 Å². The molecule has 1 aromatic rings. The van der Waals surface area contributed by atoms with E-state index in [0.29, 0.717) is 13.0 Å². The molecule has 1 aliphatic rings. The van der Waals surface area contributed by atoms with E-state index < -0.39 is 18.6 Å². The van der Waals surface area contributed by atoms with Crippen LogP contribution in [0.15, 0.2) is 30.3 Å². The lowest BCUT2D eigenvalue weighted by Gasteiger charge is -2.41. The third-order valence-corrected chi connectivity index (χ3v) is 3.73. The summed E-state index contributed by atoms with van der Waals surface area (Å²) in [5, 5.41) is 9.54. The van der Waals surface area contributed by atoms with Crippen LogP contribution in [0.1, 0.15) is 31.4 Å². The highest BCUT2D eigenvalue weighted by molar-refractivity contribution is 5.18. The van der Waals surface area contributed by atoms with Crippen LogP contribution in [0.2, 0.25) is 0 Å². The van der Waals surface area contributed by atoms with Crippen LogP contribution < -0.4 is 0 Å². The van der Waals surface area contributed by atoms with Crippen LogP contribution in [-0.4, -0.2) is 35.1 Å². The van der Waals surface area contributed by atoms with Gasteiger partial charge in [0.1, 0.15) is 0 Å². The van der Waals surface area contributed by atoms with Gasteiger partial charge in [0.05, 0.1) is 12.1 Å². The van der Waals surface area contributed by atoms with Gasteiger partial charge in [-0.25, -0.2) is 8.78 Å². The Balaban J connectivity index is 2.15.